The highest BCUT2D eigenvalue weighted by Crippen LogP contribution is 2.37. The van der Waals surface area contributed by atoms with Crippen molar-refractivity contribution in [3.63, 3.8) is 0 Å². The fourth-order valence-corrected chi connectivity index (χ4v) is 3.86. The van der Waals surface area contributed by atoms with Crippen LogP contribution >= 0.6 is 0 Å². The molecular weight excluding hydrogens is 488 g/mol. The first-order valence-electron chi connectivity index (χ1n) is 10.7. The van der Waals surface area contributed by atoms with Crippen molar-refractivity contribution in [2.45, 2.75) is 31.9 Å². The number of hydrogen-bond acceptors (Lipinski definition) is 3. The van der Waals surface area contributed by atoms with Crippen LogP contribution in [0.15, 0.2) is 77.4 Å². The van der Waals surface area contributed by atoms with E-state index >= 15 is 0 Å². The highest BCUT2D eigenvalue weighted by molar-refractivity contribution is 5.96. The Morgan fingerprint density at radius 2 is 1.72 bits per heavy atom. The molecule has 1 aliphatic heterocycles. The predicted octanol–water partition coefficient (Wildman–Crippen LogP) is 5.86. The number of alkyl halides is 6. The maximum atomic E-state index is 13.6. The molecule has 0 amide bonds. The lowest BCUT2D eigenvalue weighted by Crippen LogP contribution is -2.49. The molecule has 3 rings (SSSR count). The number of carbonyl (C=O) groups is 1. The molecule has 0 aromatic heterocycles. The van der Waals surface area contributed by atoms with Crippen LogP contribution in [0.3, 0.4) is 0 Å². The number of rotatable bonds is 6. The van der Waals surface area contributed by atoms with Crippen LogP contribution in [0.5, 0.6) is 0 Å². The molecule has 192 valence electrons. The molecule has 11 heteroatoms. The molecule has 0 aliphatic carbocycles. The zero-order chi connectivity index (χ0) is 26.7. The van der Waals surface area contributed by atoms with Gasteiger partial charge in [0.2, 0.25) is 0 Å². The number of allylic oxidation sites excluding steroid dienone is 1. The Hall–Kier alpha value is -3.76. The molecule has 0 fully saturated rings. The zero-order valence-electron chi connectivity index (χ0n) is 19.4. The van der Waals surface area contributed by atoms with Crippen molar-refractivity contribution in [1.29, 1.82) is 0 Å². The average molecular weight is 511 g/mol. The topological polar surface area (TPSA) is 53.9 Å². The summed E-state index contributed by atoms with van der Waals surface area (Å²) in [4.78, 5) is 18.5. The minimum absolute atomic E-state index is 0.0271. The maximum Gasteiger partial charge on any atom is 0.416 e. The number of methoxy groups -OCH3 is 1. The fraction of sp³-hybridized carbons (Fsp3) is 0.280. The van der Waals surface area contributed by atoms with Gasteiger partial charge in [0.1, 0.15) is 0 Å². The minimum Gasteiger partial charge on any atom is -0.466 e. The number of benzene rings is 2. The summed E-state index contributed by atoms with van der Waals surface area (Å²) in [7, 11) is 1.14. The molecule has 1 heterocycles. The summed E-state index contributed by atoms with van der Waals surface area (Å²) < 4.78 is 84.9. The number of ether oxygens (including phenoxy) is 1. The molecule has 0 saturated carbocycles. The van der Waals surface area contributed by atoms with Crippen molar-refractivity contribution in [1.82, 2.24) is 10.2 Å². The van der Waals surface area contributed by atoms with Gasteiger partial charge >= 0.3 is 18.3 Å². The Bertz CT molecular complexity index is 1180. The number of nitrogens with zero attached hydrogens (tertiary/aromatic N) is 2. The standard InChI is InChI=1S/C25H23F6N3O2/c1-4-13-32-23-33-21(16-9-11-18(12-10-16)24(26,27)28)20(22(35)36-3)15(2)34(23)14-17-7-5-6-8-19(17)25(29,30)31/h4-12,21H,1,13-14H2,2-3H3,(H,32,33). The summed E-state index contributed by atoms with van der Waals surface area (Å²) in [5.74, 6) is -0.663. The van der Waals surface area contributed by atoms with Crippen molar-refractivity contribution < 1.29 is 35.9 Å². The lowest BCUT2D eigenvalue weighted by Gasteiger charge is -2.38. The lowest BCUT2D eigenvalue weighted by atomic mass is 9.93. The second-order valence-corrected chi connectivity index (χ2v) is 7.88. The number of nitrogens with one attached hydrogen (secondary N) is 1. The monoisotopic (exact) mass is 511 g/mol. The van der Waals surface area contributed by atoms with E-state index in [0.717, 1.165) is 25.3 Å². The molecule has 0 spiro atoms. The van der Waals surface area contributed by atoms with Crippen LogP contribution in [-0.4, -0.2) is 30.5 Å². The van der Waals surface area contributed by atoms with E-state index in [-0.39, 0.29) is 35.9 Å². The van der Waals surface area contributed by atoms with Gasteiger partial charge in [0.25, 0.3) is 0 Å². The van der Waals surface area contributed by atoms with E-state index in [2.05, 4.69) is 16.9 Å². The Morgan fingerprint density at radius 3 is 2.28 bits per heavy atom. The second kappa shape index (κ2) is 10.5. The summed E-state index contributed by atoms with van der Waals surface area (Å²) in [6, 6.07) is 8.26. The van der Waals surface area contributed by atoms with Crippen LogP contribution < -0.4 is 5.32 Å². The second-order valence-electron chi connectivity index (χ2n) is 7.88. The number of halogens is 6. The summed E-state index contributed by atoms with van der Waals surface area (Å²) in [5, 5.41) is 2.99. The van der Waals surface area contributed by atoms with Crippen LogP contribution in [0.25, 0.3) is 0 Å². The highest BCUT2D eigenvalue weighted by Gasteiger charge is 2.38. The summed E-state index contributed by atoms with van der Waals surface area (Å²) in [6.07, 6.45) is -7.68. The van der Waals surface area contributed by atoms with Crippen LogP contribution in [0.2, 0.25) is 0 Å². The van der Waals surface area contributed by atoms with E-state index in [1.54, 1.807) is 0 Å². The van der Waals surface area contributed by atoms with Gasteiger partial charge in [0.05, 0.1) is 42.9 Å². The molecule has 0 radical (unpaired) electrons. The van der Waals surface area contributed by atoms with Gasteiger partial charge in [-0.3, -0.25) is 0 Å². The largest absolute Gasteiger partial charge is 0.466 e. The Kier molecular flexibility index (Phi) is 7.80. The number of hydrogen-bond donors (Lipinski definition) is 1. The van der Waals surface area contributed by atoms with Gasteiger partial charge in [-0.2, -0.15) is 26.3 Å². The van der Waals surface area contributed by atoms with Crippen LogP contribution in [0, 0.1) is 0 Å². The Morgan fingerprint density at radius 1 is 1.08 bits per heavy atom. The van der Waals surface area contributed by atoms with E-state index in [1.165, 1.54) is 48.2 Å². The maximum absolute atomic E-state index is 13.6. The molecule has 1 atom stereocenters. The first-order chi connectivity index (χ1) is 16.9. The van der Waals surface area contributed by atoms with Gasteiger partial charge in [-0.15, -0.1) is 6.58 Å². The highest BCUT2D eigenvalue weighted by atomic mass is 19.4. The van der Waals surface area contributed by atoms with Crippen molar-refractivity contribution in [3.8, 4) is 0 Å². The summed E-state index contributed by atoms with van der Waals surface area (Å²) in [6.45, 7) is 4.92. The van der Waals surface area contributed by atoms with E-state index in [0.29, 0.717) is 5.56 Å². The van der Waals surface area contributed by atoms with Crippen LogP contribution in [0.1, 0.15) is 35.2 Å². The van der Waals surface area contributed by atoms with Crippen LogP contribution in [-0.2, 0) is 28.4 Å². The summed E-state index contributed by atoms with van der Waals surface area (Å²) >= 11 is 0. The third-order valence-corrected chi connectivity index (χ3v) is 5.61. The Balaban J connectivity index is 2.14. The lowest BCUT2D eigenvalue weighted by molar-refractivity contribution is -0.139. The van der Waals surface area contributed by atoms with Gasteiger partial charge in [-0.25, -0.2) is 9.79 Å². The van der Waals surface area contributed by atoms with Gasteiger partial charge in [0, 0.05) is 5.70 Å². The molecule has 2 aromatic carbocycles. The van der Waals surface area contributed by atoms with Gasteiger partial charge in [0.15, 0.2) is 5.96 Å². The normalized spacial score (nSPS) is 17.7. The molecule has 36 heavy (non-hydrogen) atoms. The molecule has 1 N–H and O–H groups in total. The minimum atomic E-state index is -4.61. The SMILES string of the molecule is C=CCN=C1NC(c2ccc(C(F)(F)F)cc2)C(C(=O)OC)=C(C)N1Cc1ccccc1C(F)(F)F. The molecule has 1 aliphatic rings. The number of guanidine groups is 1. The van der Waals surface area contributed by atoms with Gasteiger partial charge in [-0.05, 0) is 36.2 Å². The van der Waals surface area contributed by atoms with E-state index in [4.69, 9.17) is 4.74 Å². The predicted molar refractivity (Wildman–Crippen MR) is 122 cm³/mol. The number of aliphatic imine (C=N–C) groups is 1. The third kappa shape index (κ3) is 5.72. The van der Waals surface area contributed by atoms with Crippen LogP contribution in [0.4, 0.5) is 26.3 Å². The van der Waals surface area contributed by atoms with Gasteiger partial charge < -0.3 is 15.0 Å². The van der Waals surface area contributed by atoms with Crippen molar-refractivity contribution in [3.05, 3.63) is 94.7 Å². The van der Waals surface area contributed by atoms with E-state index in [9.17, 15) is 31.1 Å². The first kappa shape index (κ1) is 26.8. The third-order valence-electron chi connectivity index (χ3n) is 5.61. The van der Waals surface area contributed by atoms with Gasteiger partial charge in [-0.1, -0.05) is 36.4 Å². The zero-order valence-corrected chi connectivity index (χ0v) is 19.4. The van der Waals surface area contributed by atoms with Crippen molar-refractivity contribution >= 4 is 11.9 Å². The molecule has 5 nitrogen and oxygen atoms in total. The van der Waals surface area contributed by atoms with Crippen molar-refractivity contribution in [2.24, 2.45) is 4.99 Å². The Labute approximate surface area is 203 Å². The van der Waals surface area contributed by atoms with Crippen molar-refractivity contribution in [2.75, 3.05) is 13.7 Å². The molecule has 2 aromatic rings. The average Bonchev–Trinajstić information content (AvgIpc) is 2.83. The number of carbonyl (C=O) groups excluding carboxylic acids is 1. The molecule has 1 unspecified atom stereocenters. The molecule has 0 saturated heterocycles. The molecule has 0 bridgehead atoms. The molecular formula is C25H23F6N3O2. The smallest absolute Gasteiger partial charge is 0.416 e. The van der Waals surface area contributed by atoms with E-state index in [1.807, 2.05) is 0 Å². The summed E-state index contributed by atoms with van der Waals surface area (Å²) in [5.41, 5.74) is -1.19. The first-order valence-corrected chi connectivity index (χ1v) is 10.7. The fourth-order valence-electron chi connectivity index (χ4n) is 3.86. The van der Waals surface area contributed by atoms with E-state index < -0.39 is 35.5 Å². The quantitative estimate of drug-likeness (QED) is 0.300. The number of esters is 1.